The molecule has 1 aliphatic heterocycles. The molecular formula is C33H39N5O3. The van der Waals surface area contributed by atoms with Gasteiger partial charge >= 0.3 is 0 Å². The third kappa shape index (κ3) is 4.81. The Labute approximate surface area is 241 Å². The van der Waals surface area contributed by atoms with Gasteiger partial charge in [0.2, 0.25) is 5.91 Å². The van der Waals surface area contributed by atoms with E-state index in [1.165, 1.54) is 0 Å². The largest absolute Gasteiger partial charge is 0.371 e. The Kier molecular flexibility index (Phi) is 7.13. The van der Waals surface area contributed by atoms with Crippen LogP contribution in [0.25, 0.3) is 10.9 Å². The van der Waals surface area contributed by atoms with Gasteiger partial charge in [0, 0.05) is 65.5 Å². The highest BCUT2D eigenvalue weighted by Crippen LogP contribution is 2.45. The lowest BCUT2D eigenvalue weighted by molar-refractivity contribution is -0.136. The summed E-state index contributed by atoms with van der Waals surface area (Å²) in [6.07, 6.45) is 3.92. The summed E-state index contributed by atoms with van der Waals surface area (Å²) < 4.78 is 5.78. The van der Waals surface area contributed by atoms with Crippen molar-refractivity contribution in [3.63, 3.8) is 0 Å². The van der Waals surface area contributed by atoms with Gasteiger partial charge in [0.05, 0.1) is 23.8 Å². The molecule has 3 aromatic rings. The molecule has 3 N–H and O–H groups in total. The van der Waals surface area contributed by atoms with Crippen LogP contribution in [0.3, 0.4) is 0 Å². The van der Waals surface area contributed by atoms with Gasteiger partial charge in [-0.1, -0.05) is 26.8 Å². The van der Waals surface area contributed by atoms with E-state index in [0.717, 1.165) is 77.7 Å². The topological polar surface area (TPSA) is 115 Å². The first-order valence-corrected chi connectivity index (χ1v) is 14.9. The van der Waals surface area contributed by atoms with E-state index in [1.807, 2.05) is 17.0 Å². The first-order valence-electron chi connectivity index (χ1n) is 14.9. The third-order valence-electron chi connectivity index (χ3n) is 9.43. The van der Waals surface area contributed by atoms with Gasteiger partial charge in [-0.3, -0.25) is 9.59 Å². The summed E-state index contributed by atoms with van der Waals surface area (Å²) in [5.41, 5.74) is 12.6. The molecule has 41 heavy (non-hydrogen) atoms. The minimum absolute atomic E-state index is 0.0292. The van der Waals surface area contributed by atoms with Crippen molar-refractivity contribution >= 4 is 28.3 Å². The van der Waals surface area contributed by atoms with Crippen LogP contribution in [-0.2, 0) is 21.4 Å². The maximum atomic E-state index is 13.9. The molecule has 1 amide bonds. The lowest BCUT2D eigenvalue weighted by atomic mass is 9.70. The molecule has 0 spiro atoms. The van der Waals surface area contributed by atoms with E-state index in [-0.39, 0.29) is 24.3 Å². The van der Waals surface area contributed by atoms with Crippen LogP contribution in [0.5, 0.6) is 0 Å². The SMILES string of the molecule is CCc1cc2c(cc1N1CCN(C(=O)COC[C@H]3CC[C@@H](N)C3)CC1)C(C)(C)c1[nH]c3cc(C#N)ccc3c1C2=O. The normalized spacial score (nSPS) is 21.6. The molecule has 8 nitrogen and oxygen atoms in total. The quantitative estimate of drug-likeness (QED) is 0.471. The minimum atomic E-state index is -0.427. The number of hydrogen-bond acceptors (Lipinski definition) is 6. The Morgan fingerprint density at radius 2 is 1.95 bits per heavy atom. The van der Waals surface area contributed by atoms with Crippen molar-refractivity contribution in [1.29, 1.82) is 5.26 Å². The Morgan fingerprint density at radius 1 is 1.17 bits per heavy atom. The number of nitrogens with one attached hydrogen (secondary N) is 1. The molecule has 2 heterocycles. The zero-order valence-corrected chi connectivity index (χ0v) is 24.3. The highest BCUT2D eigenvalue weighted by molar-refractivity contribution is 6.20. The first kappa shape index (κ1) is 27.5. The molecular weight excluding hydrogens is 514 g/mol. The Hall–Kier alpha value is -3.67. The summed E-state index contributed by atoms with van der Waals surface area (Å²) in [6.45, 7) is 9.93. The fourth-order valence-corrected chi connectivity index (χ4v) is 7.02. The second kappa shape index (κ2) is 10.6. The lowest BCUT2D eigenvalue weighted by Gasteiger charge is -2.39. The molecule has 0 unspecified atom stereocenters. The van der Waals surface area contributed by atoms with Gasteiger partial charge in [-0.25, -0.2) is 0 Å². The molecule has 6 rings (SSSR count). The standard InChI is InChI=1S/C33H39N5O3/c1-4-22-15-25-26(33(2,3)32-30(31(25)40)24-8-6-20(17-34)14-27(24)36-32)16-28(22)37-9-11-38(12-10-37)29(39)19-41-18-21-5-7-23(35)13-21/h6,8,14-16,21,23,36H,4-5,7,9-13,18-19,35H2,1-3H3/t21-,23+/m0/s1. The minimum Gasteiger partial charge on any atom is -0.371 e. The molecule has 0 radical (unpaired) electrons. The van der Waals surface area contributed by atoms with E-state index in [0.29, 0.717) is 36.7 Å². The van der Waals surface area contributed by atoms with Crippen molar-refractivity contribution in [3.8, 4) is 6.07 Å². The molecule has 3 aliphatic rings. The fraction of sp³-hybridized carbons (Fsp3) is 0.485. The monoisotopic (exact) mass is 553 g/mol. The van der Waals surface area contributed by atoms with Gasteiger partial charge in [0.15, 0.2) is 5.78 Å². The van der Waals surface area contributed by atoms with Crippen molar-refractivity contribution in [2.45, 2.75) is 57.9 Å². The summed E-state index contributed by atoms with van der Waals surface area (Å²) in [6, 6.07) is 12.2. The van der Waals surface area contributed by atoms with Crippen molar-refractivity contribution in [2.75, 3.05) is 44.3 Å². The number of rotatable bonds is 6. The number of fused-ring (bicyclic) bond motifs is 4. The molecule has 0 bridgehead atoms. The van der Waals surface area contributed by atoms with Gasteiger partial charge in [-0.15, -0.1) is 0 Å². The lowest BCUT2D eigenvalue weighted by Crippen LogP contribution is -2.50. The number of benzene rings is 2. The summed E-state index contributed by atoms with van der Waals surface area (Å²) in [7, 11) is 0. The number of piperazine rings is 1. The van der Waals surface area contributed by atoms with E-state index in [9.17, 15) is 14.9 Å². The Morgan fingerprint density at radius 3 is 2.63 bits per heavy atom. The van der Waals surface area contributed by atoms with Crippen molar-refractivity contribution in [1.82, 2.24) is 9.88 Å². The van der Waals surface area contributed by atoms with Crippen LogP contribution >= 0.6 is 0 Å². The Balaban J connectivity index is 1.20. The summed E-state index contributed by atoms with van der Waals surface area (Å²) in [4.78, 5) is 34.5. The van der Waals surface area contributed by atoms with Crippen molar-refractivity contribution < 1.29 is 14.3 Å². The highest BCUT2D eigenvalue weighted by Gasteiger charge is 2.40. The summed E-state index contributed by atoms with van der Waals surface area (Å²) >= 11 is 0. The number of carbonyl (C=O) groups excluding carboxylic acids is 2. The van der Waals surface area contributed by atoms with Gasteiger partial charge in [-0.2, -0.15) is 5.26 Å². The van der Waals surface area contributed by atoms with Crippen LogP contribution in [0.2, 0.25) is 0 Å². The van der Waals surface area contributed by atoms with Gasteiger partial charge in [0.25, 0.3) is 0 Å². The molecule has 1 saturated carbocycles. The predicted octanol–water partition coefficient (Wildman–Crippen LogP) is 4.26. The number of aromatic nitrogens is 1. The summed E-state index contributed by atoms with van der Waals surface area (Å²) in [5, 5.41) is 10.2. The number of nitrogens with zero attached hydrogens (tertiary/aromatic N) is 3. The number of aryl methyl sites for hydroxylation is 1. The van der Waals surface area contributed by atoms with E-state index in [2.05, 4.69) is 48.9 Å². The molecule has 2 atom stereocenters. The van der Waals surface area contributed by atoms with Gasteiger partial charge in [-0.05, 0) is 67.0 Å². The van der Waals surface area contributed by atoms with Crippen LogP contribution in [0.4, 0.5) is 5.69 Å². The maximum Gasteiger partial charge on any atom is 0.248 e. The second-order valence-corrected chi connectivity index (χ2v) is 12.4. The molecule has 1 aromatic heterocycles. The van der Waals surface area contributed by atoms with Crippen LogP contribution < -0.4 is 10.6 Å². The van der Waals surface area contributed by atoms with Crippen LogP contribution in [0.1, 0.15) is 78.3 Å². The number of hydrogen-bond donors (Lipinski definition) is 2. The van der Waals surface area contributed by atoms with E-state index in [1.54, 1.807) is 6.07 Å². The average molecular weight is 554 g/mol. The van der Waals surface area contributed by atoms with E-state index in [4.69, 9.17) is 10.5 Å². The second-order valence-electron chi connectivity index (χ2n) is 12.4. The molecule has 1 saturated heterocycles. The summed E-state index contributed by atoms with van der Waals surface area (Å²) in [5.74, 6) is 0.546. The molecule has 2 fully saturated rings. The first-order chi connectivity index (χ1) is 19.7. The Bertz CT molecular complexity index is 1560. The van der Waals surface area contributed by atoms with Crippen LogP contribution in [-0.4, -0.2) is 67.0 Å². The highest BCUT2D eigenvalue weighted by atomic mass is 16.5. The average Bonchev–Trinajstić information content (AvgIpc) is 3.58. The number of amides is 1. The molecule has 8 heteroatoms. The van der Waals surface area contributed by atoms with E-state index < -0.39 is 5.41 Å². The number of ketones is 1. The number of carbonyl (C=O) groups is 2. The van der Waals surface area contributed by atoms with Crippen molar-refractivity contribution in [2.24, 2.45) is 11.7 Å². The van der Waals surface area contributed by atoms with E-state index >= 15 is 0 Å². The fourth-order valence-electron chi connectivity index (χ4n) is 7.02. The molecule has 2 aromatic carbocycles. The van der Waals surface area contributed by atoms with Gasteiger partial charge < -0.3 is 25.3 Å². The number of nitrogens with two attached hydrogens (primary N) is 1. The number of anilines is 1. The predicted molar refractivity (Wildman–Crippen MR) is 159 cm³/mol. The third-order valence-corrected chi connectivity index (χ3v) is 9.43. The number of H-pyrrole nitrogens is 1. The maximum absolute atomic E-state index is 13.9. The molecule has 2 aliphatic carbocycles. The zero-order valence-electron chi connectivity index (χ0n) is 24.3. The van der Waals surface area contributed by atoms with Gasteiger partial charge in [0.1, 0.15) is 6.61 Å². The number of ether oxygens (including phenoxy) is 1. The zero-order chi connectivity index (χ0) is 28.9. The van der Waals surface area contributed by atoms with Crippen LogP contribution in [0.15, 0.2) is 30.3 Å². The number of nitriles is 1. The molecule has 214 valence electrons. The van der Waals surface area contributed by atoms with Crippen molar-refractivity contribution in [3.05, 3.63) is 63.8 Å². The van der Waals surface area contributed by atoms with Crippen LogP contribution in [0, 0.1) is 17.2 Å². The number of aromatic amines is 1. The smallest absolute Gasteiger partial charge is 0.248 e.